The molecule has 9 heteroatoms. The molecule has 0 saturated heterocycles. The number of nitriles is 1. The Bertz CT molecular complexity index is 1300. The number of rotatable bonds is 6. The first-order valence-electron chi connectivity index (χ1n) is 9.56. The molecule has 0 spiro atoms. The molecule has 2 aromatic heterocycles. The molecular weight excluding hydrogens is 402 g/mol. The SMILES string of the molecule is N#Cc1c(CCCNC(=O)c2cc3cc(F)ccc3[nH]2)nn(-c2ccc(F)cc2)c1N. The number of amides is 1. The van der Waals surface area contributed by atoms with Gasteiger partial charge < -0.3 is 16.0 Å². The van der Waals surface area contributed by atoms with Crippen LogP contribution in [-0.4, -0.2) is 27.2 Å². The molecule has 2 heterocycles. The fourth-order valence-electron chi connectivity index (χ4n) is 3.33. The zero-order chi connectivity index (χ0) is 22.0. The highest BCUT2D eigenvalue weighted by molar-refractivity contribution is 5.97. The first-order chi connectivity index (χ1) is 15.0. The number of nitrogen functional groups attached to an aromatic ring is 1. The molecule has 0 saturated carbocycles. The highest BCUT2D eigenvalue weighted by atomic mass is 19.1. The van der Waals surface area contributed by atoms with Gasteiger partial charge in [-0.25, -0.2) is 13.5 Å². The van der Waals surface area contributed by atoms with E-state index < -0.39 is 0 Å². The maximum absolute atomic E-state index is 13.3. The number of carbonyl (C=O) groups excluding carboxylic acids is 1. The van der Waals surface area contributed by atoms with Gasteiger partial charge in [0.15, 0.2) is 0 Å². The molecule has 0 bridgehead atoms. The van der Waals surface area contributed by atoms with Crippen molar-refractivity contribution in [3.63, 3.8) is 0 Å². The predicted molar refractivity (Wildman–Crippen MR) is 112 cm³/mol. The maximum Gasteiger partial charge on any atom is 0.267 e. The summed E-state index contributed by atoms with van der Waals surface area (Å²) in [5, 5.41) is 17.2. The molecule has 4 N–H and O–H groups in total. The quantitative estimate of drug-likeness (QED) is 0.415. The van der Waals surface area contributed by atoms with Gasteiger partial charge in [-0.1, -0.05) is 0 Å². The Morgan fingerprint density at radius 1 is 1.16 bits per heavy atom. The number of aromatic amines is 1. The number of nitrogens with two attached hydrogens (primary N) is 1. The lowest BCUT2D eigenvalue weighted by atomic mass is 10.1. The van der Waals surface area contributed by atoms with Crippen molar-refractivity contribution < 1.29 is 13.6 Å². The molecule has 0 aliphatic rings. The Morgan fingerprint density at radius 2 is 1.90 bits per heavy atom. The second-order valence-electron chi connectivity index (χ2n) is 6.98. The zero-order valence-electron chi connectivity index (χ0n) is 16.3. The third kappa shape index (κ3) is 4.09. The molecule has 0 aliphatic carbocycles. The van der Waals surface area contributed by atoms with Crippen LogP contribution in [0.1, 0.15) is 28.2 Å². The van der Waals surface area contributed by atoms with E-state index in [9.17, 15) is 18.8 Å². The van der Waals surface area contributed by atoms with Gasteiger partial charge in [-0.05, 0) is 61.4 Å². The molecule has 0 atom stereocenters. The lowest BCUT2D eigenvalue weighted by molar-refractivity contribution is 0.0949. The van der Waals surface area contributed by atoms with Crippen molar-refractivity contribution in [1.82, 2.24) is 20.1 Å². The second-order valence-corrected chi connectivity index (χ2v) is 6.98. The number of halogens is 2. The van der Waals surface area contributed by atoms with E-state index in [1.807, 2.05) is 0 Å². The minimum Gasteiger partial charge on any atom is -0.382 e. The van der Waals surface area contributed by atoms with Crippen molar-refractivity contribution in [2.45, 2.75) is 12.8 Å². The molecule has 4 rings (SSSR count). The Morgan fingerprint density at radius 3 is 2.65 bits per heavy atom. The number of aromatic nitrogens is 3. The summed E-state index contributed by atoms with van der Waals surface area (Å²) in [6, 6.07) is 13.5. The molecule has 7 nitrogen and oxygen atoms in total. The summed E-state index contributed by atoms with van der Waals surface area (Å²) in [6.45, 7) is 0.344. The van der Waals surface area contributed by atoms with E-state index >= 15 is 0 Å². The average molecular weight is 420 g/mol. The van der Waals surface area contributed by atoms with Crippen molar-refractivity contribution in [2.75, 3.05) is 12.3 Å². The smallest absolute Gasteiger partial charge is 0.267 e. The van der Waals surface area contributed by atoms with Gasteiger partial charge in [0, 0.05) is 17.4 Å². The van der Waals surface area contributed by atoms with E-state index in [0.29, 0.717) is 47.4 Å². The third-order valence-electron chi connectivity index (χ3n) is 4.88. The fraction of sp³-hybridized carbons (Fsp3) is 0.136. The molecular formula is C22H18F2N6O. The second kappa shape index (κ2) is 8.28. The number of fused-ring (bicyclic) bond motifs is 1. The highest BCUT2D eigenvalue weighted by Crippen LogP contribution is 2.22. The molecule has 1 amide bonds. The van der Waals surface area contributed by atoms with Gasteiger partial charge in [-0.3, -0.25) is 4.79 Å². The van der Waals surface area contributed by atoms with Crippen molar-refractivity contribution in [2.24, 2.45) is 0 Å². The van der Waals surface area contributed by atoms with E-state index in [0.717, 1.165) is 0 Å². The van der Waals surface area contributed by atoms with Crippen molar-refractivity contribution >= 4 is 22.6 Å². The first kappa shape index (κ1) is 20.1. The van der Waals surface area contributed by atoms with Crippen LogP contribution in [0.5, 0.6) is 0 Å². The van der Waals surface area contributed by atoms with Crippen LogP contribution in [-0.2, 0) is 6.42 Å². The molecule has 0 radical (unpaired) electrons. The Labute approximate surface area is 176 Å². The summed E-state index contributed by atoms with van der Waals surface area (Å²) in [5.41, 5.74) is 8.36. The molecule has 0 unspecified atom stereocenters. The average Bonchev–Trinajstić information content (AvgIpc) is 3.32. The third-order valence-corrected chi connectivity index (χ3v) is 4.88. The summed E-state index contributed by atoms with van der Waals surface area (Å²) in [6.07, 6.45) is 0.939. The van der Waals surface area contributed by atoms with Crippen LogP contribution in [0.3, 0.4) is 0 Å². The molecule has 156 valence electrons. The van der Waals surface area contributed by atoms with E-state index in [1.54, 1.807) is 12.1 Å². The van der Waals surface area contributed by atoms with Gasteiger partial charge in [-0.15, -0.1) is 0 Å². The maximum atomic E-state index is 13.3. The first-order valence-corrected chi connectivity index (χ1v) is 9.56. The van der Waals surface area contributed by atoms with E-state index in [-0.39, 0.29) is 28.9 Å². The van der Waals surface area contributed by atoms with Gasteiger partial charge in [0.05, 0.1) is 11.4 Å². The number of nitrogens with one attached hydrogen (secondary N) is 2. The van der Waals surface area contributed by atoms with Gasteiger partial charge in [0.25, 0.3) is 5.91 Å². The number of anilines is 1. The minimum absolute atomic E-state index is 0.179. The summed E-state index contributed by atoms with van der Waals surface area (Å²) in [7, 11) is 0. The number of hydrogen-bond acceptors (Lipinski definition) is 4. The van der Waals surface area contributed by atoms with Crippen LogP contribution in [0.25, 0.3) is 16.6 Å². The van der Waals surface area contributed by atoms with E-state index in [1.165, 1.54) is 41.1 Å². The number of H-pyrrole nitrogens is 1. The Hall–Kier alpha value is -4.19. The number of hydrogen-bond donors (Lipinski definition) is 3. The number of carbonyl (C=O) groups is 1. The topological polar surface area (TPSA) is 113 Å². The van der Waals surface area contributed by atoms with Crippen LogP contribution >= 0.6 is 0 Å². The van der Waals surface area contributed by atoms with E-state index in [2.05, 4.69) is 21.5 Å². The van der Waals surface area contributed by atoms with E-state index in [4.69, 9.17) is 5.73 Å². The predicted octanol–water partition coefficient (Wildman–Crippen LogP) is 3.45. The monoisotopic (exact) mass is 420 g/mol. The summed E-state index contributed by atoms with van der Waals surface area (Å²) < 4.78 is 27.9. The van der Waals surface area contributed by atoms with Gasteiger partial charge in [0.1, 0.15) is 34.8 Å². The molecule has 4 aromatic rings. The van der Waals surface area contributed by atoms with Crippen LogP contribution < -0.4 is 11.1 Å². The zero-order valence-corrected chi connectivity index (χ0v) is 16.3. The fourth-order valence-corrected chi connectivity index (χ4v) is 3.33. The molecule has 0 fully saturated rings. The molecule has 31 heavy (non-hydrogen) atoms. The number of benzene rings is 2. The highest BCUT2D eigenvalue weighted by Gasteiger charge is 2.17. The van der Waals surface area contributed by atoms with Crippen LogP contribution in [0.2, 0.25) is 0 Å². The normalized spacial score (nSPS) is 10.9. The van der Waals surface area contributed by atoms with Crippen molar-refractivity contribution in [1.29, 1.82) is 5.26 Å². The lowest BCUT2D eigenvalue weighted by Crippen LogP contribution is -2.25. The minimum atomic E-state index is -0.383. The van der Waals surface area contributed by atoms with Crippen LogP contribution in [0, 0.1) is 23.0 Å². The van der Waals surface area contributed by atoms with Crippen molar-refractivity contribution in [3.8, 4) is 11.8 Å². The largest absolute Gasteiger partial charge is 0.382 e. The Kier molecular flexibility index (Phi) is 5.37. The summed E-state index contributed by atoms with van der Waals surface area (Å²) in [5.74, 6) is -0.885. The van der Waals surface area contributed by atoms with Gasteiger partial charge in [0.2, 0.25) is 0 Å². The molecule has 0 aliphatic heterocycles. The van der Waals surface area contributed by atoms with Gasteiger partial charge >= 0.3 is 0 Å². The van der Waals surface area contributed by atoms with Crippen LogP contribution in [0.4, 0.5) is 14.6 Å². The van der Waals surface area contributed by atoms with Crippen LogP contribution in [0.15, 0.2) is 48.5 Å². The lowest BCUT2D eigenvalue weighted by Gasteiger charge is -2.03. The molecule has 2 aromatic carbocycles. The summed E-state index contributed by atoms with van der Waals surface area (Å²) in [4.78, 5) is 15.3. The Balaban J connectivity index is 1.40. The number of nitrogens with zero attached hydrogens (tertiary/aromatic N) is 3. The standard InChI is InChI=1S/C22H18F2N6O/c23-14-3-6-16(7-4-14)30-21(26)17(12-25)19(29-30)2-1-9-27-22(31)20-11-13-10-15(24)5-8-18(13)28-20/h3-8,10-11,28H,1-2,9,26H2,(H,27,31). The van der Waals surface area contributed by atoms with Crippen molar-refractivity contribution in [3.05, 3.63) is 77.1 Å². The summed E-state index contributed by atoms with van der Waals surface area (Å²) >= 11 is 0. The van der Waals surface area contributed by atoms with Gasteiger partial charge in [-0.2, -0.15) is 10.4 Å². The number of aryl methyl sites for hydroxylation is 1.